The van der Waals surface area contributed by atoms with E-state index in [1.165, 1.54) is 0 Å². The Morgan fingerprint density at radius 1 is 0.500 bits per heavy atom. The summed E-state index contributed by atoms with van der Waals surface area (Å²) in [6.07, 6.45) is 3.62. The number of fused-ring (bicyclic) bond motifs is 1. The van der Waals surface area contributed by atoms with Crippen LogP contribution in [0.2, 0.25) is 0 Å². The van der Waals surface area contributed by atoms with Gasteiger partial charge in [0.25, 0.3) is 0 Å². The van der Waals surface area contributed by atoms with Crippen LogP contribution in [0.4, 0.5) is 0 Å². The lowest BCUT2D eigenvalue weighted by Crippen LogP contribution is -2.12. The molecule has 0 amide bonds. The molecule has 1 atom stereocenters. The maximum Gasteiger partial charge on any atom is 0.203 e. The molecule has 0 N–H and O–H groups in total. The first-order valence-corrected chi connectivity index (χ1v) is 16.6. The lowest BCUT2D eigenvalue weighted by atomic mass is 10.0. The second-order valence-corrected chi connectivity index (χ2v) is 11.9. The van der Waals surface area contributed by atoms with Gasteiger partial charge in [-0.15, -0.1) is 0 Å². The van der Waals surface area contributed by atoms with Crippen LogP contribution in [0.3, 0.4) is 0 Å². The van der Waals surface area contributed by atoms with Gasteiger partial charge in [0.2, 0.25) is 5.75 Å². The number of methoxy groups -OCH3 is 1. The Hall–Kier alpha value is -6.14. The van der Waals surface area contributed by atoms with E-state index in [4.69, 9.17) is 28.4 Å². The molecule has 6 aromatic carbocycles. The third-order valence-electron chi connectivity index (χ3n) is 8.31. The molecular weight excluding hydrogens is 624 g/mol. The first kappa shape index (κ1) is 32.4. The SMILES string of the molecule is COc1cc(C2C=Cc3c(OCc4ccccc4)cc(OCc4ccccc4)cc3O2)cc(OCc2ccccc2)c1OCc1ccccc1. The van der Waals surface area contributed by atoms with Crippen LogP contribution in [0.25, 0.3) is 6.08 Å². The Kier molecular flexibility index (Phi) is 10.3. The molecule has 0 spiro atoms. The number of hydrogen-bond acceptors (Lipinski definition) is 6. The average Bonchev–Trinajstić information content (AvgIpc) is 3.18. The van der Waals surface area contributed by atoms with Crippen LogP contribution in [0.15, 0.2) is 152 Å². The highest BCUT2D eigenvalue weighted by Gasteiger charge is 2.25. The van der Waals surface area contributed by atoms with Crippen molar-refractivity contribution < 1.29 is 28.4 Å². The second-order valence-electron chi connectivity index (χ2n) is 11.9. The molecule has 6 heteroatoms. The van der Waals surface area contributed by atoms with Crippen molar-refractivity contribution >= 4 is 6.08 Å². The number of ether oxygens (including phenoxy) is 6. The molecule has 0 aromatic heterocycles. The topological polar surface area (TPSA) is 55.4 Å². The van der Waals surface area contributed by atoms with Gasteiger partial charge in [0, 0.05) is 17.7 Å². The third kappa shape index (κ3) is 8.10. The Bertz CT molecular complexity index is 2010. The van der Waals surface area contributed by atoms with Gasteiger partial charge in [-0.2, -0.15) is 0 Å². The van der Waals surface area contributed by atoms with E-state index < -0.39 is 6.10 Å². The van der Waals surface area contributed by atoms with Crippen molar-refractivity contribution in [2.45, 2.75) is 32.5 Å². The maximum atomic E-state index is 6.69. The van der Waals surface area contributed by atoms with Crippen LogP contribution in [-0.4, -0.2) is 7.11 Å². The van der Waals surface area contributed by atoms with E-state index in [1.54, 1.807) is 7.11 Å². The summed E-state index contributed by atoms with van der Waals surface area (Å²) in [5.41, 5.74) is 5.92. The Balaban J connectivity index is 1.19. The summed E-state index contributed by atoms with van der Waals surface area (Å²) in [6.45, 7) is 1.56. The molecular formula is C44H38O6. The zero-order chi connectivity index (χ0) is 34.0. The number of hydrogen-bond donors (Lipinski definition) is 0. The van der Waals surface area contributed by atoms with Crippen LogP contribution >= 0.6 is 0 Å². The fourth-order valence-corrected chi connectivity index (χ4v) is 5.68. The second kappa shape index (κ2) is 15.8. The summed E-state index contributed by atoms with van der Waals surface area (Å²) in [5.74, 6) is 3.63. The van der Waals surface area contributed by atoms with Crippen LogP contribution in [0.1, 0.15) is 39.5 Å². The van der Waals surface area contributed by atoms with Crippen molar-refractivity contribution in [2.24, 2.45) is 0 Å². The van der Waals surface area contributed by atoms with Gasteiger partial charge in [-0.05, 0) is 46.5 Å². The normalized spacial score (nSPS) is 13.1. The minimum absolute atomic E-state index is 0.364. The smallest absolute Gasteiger partial charge is 0.203 e. The van der Waals surface area contributed by atoms with Gasteiger partial charge in [-0.3, -0.25) is 0 Å². The molecule has 6 aromatic rings. The van der Waals surface area contributed by atoms with Gasteiger partial charge in [-0.1, -0.05) is 121 Å². The van der Waals surface area contributed by atoms with Gasteiger partial charge in [0.15, 0.2) is 11.5 Å². The van der Waals surface area contributed by atoms with E-state index in [0.29, 0.717) is 60.9 Å². The lowest BCUT2D eigenvalue weighted by molar-refractivity contribution is 0.231. The van der Waals surface area contributed by atoms with Gasteiger partial charge in [-0.25, -0.2) is 0 Å². The molecule has 0 aliphatic carbocycles. The molecule has 0 fully saturated rings. The molecule has 1 aliphatic rings. The molecule has 0 saturated heterocycles. The molecule has 50 heavy (non-hydrogen) atoms. The molecule has 250 valence electrons. The molecule has 0 radical (unpaired) electrons. The van der Waals surface area contributed by atoms with E-state index in [9.17, 15) is 0 Å². The van der Waals surface area contributed by atoms with Gasteiger partial charge < -0.3 is 28.4 Å². The highest BCUT2D eigenvalue weighted by molar-refractivity contribution is 5.69. The summed E-state index contributed by atoms with van der Waals surface area (Å²) in [6, 6.07) is 48.0. The van der Waals surface area contributed by atoms with Crippen molar-refractivity contribution in [2.75, 3.05) is 7.11 Å². The maximum absolute atomic E-state index is 6.69. The van der Waals surface area contributed by atoms with E-state index in [0.717, 1.165) is 33.4 Å². The van der Waals surface area contributed by atoms with Crippen molar-refractivity contribution in [1.82, 2.24) is 0 Å². The monoisotopic (exact) mass is 662 g/mol. The van der Waals surface area contributed by atoms with Gasteiger partial charge in [0.1, 0.15) is 49.8 Å². The predicted molar refractivity (Wildman–Crippen MR) is 195 cm³/mol. The lowest BCUT2D eigenvalue weighted by Gasteiger charge is -2.26. The quantitative estimate of drug-likeness (QED) is 0.116. The number of rotatable bonds is 14. The van der Waals surface area contributed by atoms with E-state index >= 15 is 0 Å². The zero-order valence-electron chi connectivity index (χ0n) is 27.9. The summed E-state index contributed by atoms with van der Waals surface area (Å²) < 4.78 is 38.0. The van der Waals surface area contributed by atoms with Crippen LogP contribution in [-0.2, 0) is 26.4 Å². The largest absolute Gasteiger partial charge is 0.493 e. The molecule has 6 nitrogen and oxygen atoms in total. The summed E-state index contributed by atoms with van der Waals surface area (Å²) in [5, 5.41) is 0. The third-order valence-corrected chi connectivity index (χ3v) is 8.31. The highest BCUT2D eigenvalue weighted by atomic mass is 16.5. The minimum atomic E-state index is -0.440. The Labute approximate surface area is 293 Å². The van der Waals surface area contributed by atoms with Crippen molar-refractivity contribution in [3.05, 3.63) is 185 Å². The molecule has 7 rings (SSSR count). The standard InChI is InChI=1S/C44H38O6/c1-45-42-24-36(25-43(48-30-34-18-10-4-11-19-34)44(42)49-31-35-20-12-5-13-21-35)39-23-22-38-40(47-29-33-16-8-3-9-17-33)26-37(27-41(38)50-39)46-28-32-14-6-2-7-15-32/h2-27,39H,28-31H2,1H3. The molecule has 0 bridgehead atoms. The first-order valence-electron chi connectivity index (χ1n) is 16.6. The zero-order valence-corrected chi connectivity index (χ0v) is 27.9. The fourth-order valence-electron chi connectivity index (χ4n) is 5.68. The van der Waals surface area contributed by atoms with Crippen LogP contribution in [0.5, 0.6) is 34.5 Å². The Morgan fingerprint density at radius 2 is 0.980 bits per heavy atom. The minimum Gasteiger partial charge on any atom is -0.493 e. The Morgan fingerprint density at radius 3 is 1.52 bits per heavy atom. The molecule has 1 unspecified atom stereocenters. The van der Waals surface area contributed by atoms with Crippen molar-refractivity contribution in [1.29, 1.82) is 0 Å². The van der Waals surface area contributed by atoms with E-state index in [2.05, 4.69) is 0 Å². The fraction of sp³-hybridized carbons (Fsp3) is 0.136. The van der Waals surface area contributed by atoms with Crippen LogP contribution < -0.4 is 28.4 Å². The van der Waals surface area contributed by atoms with Crippen molar-refractivity contribution in [3.8, 4) is 34.5 Å². The van der Waals surface area contributed by atoms with E-state index in [1.807, 2.05) is 158 Å². The number of benzene rings is 6. The molecule has 0 saturated carbocycles. The molecule has 1 heterocycles. The average molecular weight is 663 g/mol. The van der Waals surface area contributed by atoms with Gasteiger partial charge >= 0.3 is 0 Å². The van der Waals surface area contributed by atoms with Crippen LogP contribution in [0, 0.1) is 0 Å². The van der Waals surface area contributed by atoms with Crippen molar-refractivity contribution in [3.63, 3.8) is 0 Å². The molecule has 1 aliphatic heterocycles. The first-order chi connectivity index (χ1) is 24.7. The summed E-state index contributed by atoms with van der Waals surface area (Å²) in [7, 11) is 1.63. The van der Waals surface area contributed by atoms with Gasteiger partial charge in [0.05, 0.1) is 12.7 Å². The summed E-state index contributed by atoms with van der Waals surface area (Å²) >= 11 is 0. The summed E-state index contributed by atoms with van der Waals surface area (Å²) in [4.78, 5) is 0. The predicted octanol–water partition coefficient (Wildman–Crippen LogP) is 10.2. The van der Waals surface area contributed by atoms with E-state index in [-0.39, 0.29) is 0 Å². The highest BCUT2D eigenvalue weighted by Crippen LogP contribution is 2.45.